The molecule has 1 aliphatic rings. The van der Waals surface area contributed by atoms with Gasteiger partial charge in [-0.2, -0.15) is 5.10 Å². The zero-order chi connectivity index (χ0) is 16.4. The summed E-state index contributed by atoms with van der Waals surface area (Å²) in [6, 6.07) is 2.25. The average molecular weight is 313 g/mol. The van der Waals surface area contributed by atoms with Crippen LogP contribution in [-0.2, 0) is 11.2 Å². The van der Waals surface area contributed by atoms with Crippen LogP contribution in [0.5, 0.6) is 0 Å². The summed E-state index contributed by atoms with van der Waals surface area (Å²) in [6.45, 7) is 7.52. The minimum absolute atomic E-state index is 0.163. The fourth-order valence-corrected chi connectivity index (χ4v) is 3.10. The smallest absolute Gasteiger partial charge is 0.219 e. The summed E-state index contributed by atoms with van der Waals surface area (Å²) in [4.78, 5) is 22.4. The van der Waals surface area contributed by atoms with E-state index >= 15 is 0 Å². The molecule has 2 aromatic rings. The first-order chi connectivity index (χ1) is 11.0. The van der Waals surface area contributed by atoms with E-state index < -0.39 is 0 Å². The van der Waals surface area contributed by atoms with Gasteiger partial charge in [0.1, 0.15) is 5.69 Å². The van der Waals surface area contributed by atoms with Gasteiger partial charge in [0.25, 0.3) is 0 Å². The summed E-state index contributed by atoms with van der Waals surface area (Å²) in [7, 11) is 0. The standard InChI is InChI=1S/C17H23N5O/c1-12(2)22-17(4-6-20-22)16-10-18-15(9-19-16)8-14-5-7-21(11-14)13(3)23/h4,6,9-10,12,14H,5,7-8,11H2,1-3H3. The highest BCUT2D eigenvalue weighted by atomic mass is 16.2. The summed E-state index contributed by atoms with van der Waals surface area (Å²) in [5.41, 5.74) is 2.82. The maximum atomic E-state index is 11.4. The van der Waals surface area contributed by atoms with Crippen molar-refractivity contribution < 1.29 is 4.79 Å². The van der Waals surface area contributed by atoms with E-state index in [1.807, 2.05) is 28.0 Å². The molecule has 3 heterocycles. The van der Waals surface area contributed by atoms with Crippen molar-refractivity contribution in [1.29, 1.82) is 0 Å². The second-order valence-electron chi connectivity index (χ2n) is 6.47. The van der Waals surface area contributed by atoms with E-state index in [4.69, 9.17) is 0 Å². The Hall–Kier alpha value is -2.24. The van der Waals surface area contributed by atoms with E-state index in [9.17, 15) is 4.79 Å². The minimum atomic E-state index is 0.163. The fourth-order valence-electron chi connectivity index (χ4n) is 3.10. The van der Waals surface area contributed by atoms with Crippen LogP contribution in [-0.4, -0.2) is 43.6 Å². The van der Waals surface area contributed by atoms with Gasteiger partial charge in [-0.3, -0.25) is 19.4 Å². The molecule has 0 aliphatic carbocycles. The fraction of sp³-hybridized carbons (Fsp3) is 0.529. The number of carbonyl (C=O) groups is 1. The Balaban J connectivity index is 1.68. The molecule has 0 radical (unpaired) electrons. The summed E-state index contributed by atoms with van der Waals surface area (Å²) < 4.78 is 1.95. The van der Waals surface area contributed by atoms with E-state index in [2.05, 4.69) is 28.9 Å². The molecule has 0 bridgehead atoms. The molecule has 122 valence electrons. The van der Waals surface area contributed by atoms with Crippen molar-refractivity contribution in [1.82, 2.24) is 24.6 Å². The molecule has 1 amide bonds. The lowest BCUT2D eigenvalue weighted by molar-refractivity contribution is -0.127. The molecule has 0 N–H and O–H groups in total. The van der Waals surface area contributed by atoms with Gasteiger partial charge in [-0.15, -0.1) is 0 Å². The second-order valence-corrected chi connectivity index (χ2v) is 6.47. The molecule has 6 nitrogen and oxygen atoms in total. The molecule has 3 rings (SSSR count). The van der Waals surface area contributed by atoms with Crippen molar-refractivity contribution in [2.45, 2.75) is 39.7 Å². The van der Waals surface area contributed by atoms with Crippen molar-refractivity contribution in [2.24, 2.45) is 5.92 Å². The van der Waals surface area contributed by atoms with Gasteiger partial charge in [0.2, 0.25) is 5.91 Å². The topological polar surface area (TPSA) is 63.9 Å². The van der Waals surface area contributed by atoms with E-state index in [1.54, 1.807) is 13.1 Å². The number of hydrogen-bond donors (Lipinski definition) is 0. The highest BCUT2D eigenvalue weighted by molar-refractivity contribution is 5.73. The Morgan fingerprint density at radius 2 is 2.17 bits per heavy atom. The van der Waals surface area contributed by atoms with Crippen LogP contribution < -0.4 is 0 Å². The quantitative estimate of drug-likeness (QED) is 0.869. The number of amides is 1. The Morgan fingerprint density at radius 3 is 2.78 bits per heavy atom. The summed E-state index contributed by atoms with van der Waals surface area (Å²) in [5, 5.41) is 4.33. The lowest BCUT2D eigenvalue weighted by Gasteiger charge is -2.14. The third kappa shape index (κ3) is 3.41. The van der Waals surface area contributed by atoms with E-state index in [-0.39, 0.29) is 11.9 Å². The second kappa shape index (κ2) is 6.48. The normalized spacial score (nSPS) is 17.9. The lowest BCUT2D eigenvalue weighted by Crippen LogP contribution is -2.26. The minimum Gasteiger partial charge on any atom is -0.343 e. The number of nitrogens with zero attached hydrogens (tertiary/aromatic N) is 5. The van der Waals surface area contributed by atoms with Crippen LogP contribution in [0.2, 0.25) is 0 Å². The number of hydrogen-bond acceptors (Lipinski definition) is 4. The van der Waals surface area contributed by atoms with Gasteiger partial charge in [0.15, 0.2) is 0 Å². The predicted molar refractivity (Wildman–Crippen MR) is 87.7 cm³/mol. The molecule has 2 aromatic heterocycles. The Labute approximate surface area is 136 Å². The molecule has 23 heavy (non-hydrogen) atoms. The van der Waals surface area contributed by atoms with Crippen molar-refractivity contribution >= 4 is 5.91 Å². The molecule has 1 unspecified atom stereocenters. The molecule has 1 saturated heterocycles. The van der Waals surface area contributed by atoms with Crippen LogP contribution in [0.15, 0.2) is 24.7 Å². The van der Waals surface area contributed by atoms with Crippen LogP contribution in [0.1, 0.15) is 38.9 Å². The number of carbonyl (C=O) groups excluding carboxylic acids is 1. The van der Waals surface area contributed by atoms with Crippen LogP contribution >= 0.6 is 0 Å². The molecular weight excluding hydrogens is 290 g/mol. The monoisotopic (exact) mass is 313 g/mol. The summed E-state index contributed by atoms with van der Waals surface area (Å²) >= 11 is 0. The van der Waals surface area contributed by atoms with Gasteiger partial charge in [-0.05, 0) is 38.7 Å². The van der Waals surface area contributed by atoms with Crippen LogP contribution in [0.3, 0.4) is 0 Å². The number of rotatable bonds is 4. The van der Waals surface area contributed by atoms with Crippen molar-refractivity contribution in [3.8, 4) is 11.4 Å². The Morgan fingerprint density at radius 1 is 1.35 bits per heavy atom. The maximum Gasteiger partial charge on any atom is 0.219 e. The van der Waals surface area contributed by atoms with E-state index in [0.717, 1.165) is 43.0 Å². The third-order valence-electron chi connectivity index (χ3n) is 4.36. The highest BCUT2D eigenvalue weighted by Crippen LogP contribution is 2.22. The molecule has 1 atom stereocenters. The number of likely N-dealkylation sites (tertiary alicyclic amines) is 1. The van der Waals surface area contributed by atoms with Crippen molar-refractivity contribution in [3.05, 3.63) is 30.4 Å². The SMILES string of the molecule is CC(=O)N1CCC(Cc2cnc(-c3ccnn3C(C)C)cn2)C1. The van der Waals surface area contributed by atoms with Gasteiger partial charge in [0.05, 0.1) is 17.6 Å². The molecule has 1 fully saturated rings. The van der Waals surface area contributed by atoms with Crippen molar-refractivity contribution in [3.63, 3.8) is 0 Å². The van der Waals surface area contributed by atoms with Gasteiger partial charge < -0.3 is 4.90 Å². The van der Waals surface area contributed by atoms with E-state index in [0.29, 0.717) is 5.92 Å². The van der Waals surface area contributed by atoms with Gasteiger partial charge in [-0.1, -0.05) is 0 Å². The van der Waals surface area contributed by atoms with Gasteiger partial charge in [0, 0.05) is 38.4 Å². The molecule has 0 aromatic carbocycles. The van der Waals surface area contributed by atoms with E-state index in [1.165, 1.54) is 0 Å². The zero-order valence-electron chi connectivity index (χ0n) is 13.9. The first-order valence-corrected chi connectivity index (χ1v) is 8.15. The highest BCUT2D eigenvalue weighted by Gasteiger charge is 2.24. The molecule has 0 spiro atoms. The molecule has 6 heteroatoms. The largest absolute Gasteiger partial charge is 0.343 e. The van der Waals surface area contributed by atoms with Crippen LogP contribution in [0, 0.1) is 5.92 Å². The van der Waals surface area contributed by atoms with Gasteiger partial charge >= 0.3 is 0 Å². The molecular formula is C17H23N5O. The average Bonchev–Trinajstić information content (AvgIpc) is 3.17. The van der Waals surface area contributed by atoms with Crippen LogP contribution in [0.4, 0.5) is 0 Å². The van der Waals surface area contributed by atoms with Gasteiger partial charge in [-0.25, -0.2) is 0 Å². The number of aromatic nitrogens is 4. The molecule has 0 saturated carbocycles. The zero-order valence-corrected chi connectivity index (χ0v) is 13.9. The Kier molecular flexibility index (Phi) is 4.41. The van der Waals surface area contributed by atoms with Crippen molar-refractivity contribution in [2.75, 3.05) is 13.1 Å². The predicted octanol–water partition coefficient (Wildman–Crippen LogP) is 2.33. The van der Waals surface area contributed by atoms with Crippen LogP contribution in [0.25, 0.3) is 11.4 Å². The third-order valence-corrected chi connectivity index (χ3v) is 4.36. The Bertz CT molecular complexity index is 677. The lowest BCUT2D eigenvalue weighted by atomic mass is 10.0. The molecule has 1 aliphatic heterocycles. The first kappa shape index (κ1) is 15.6. The summed E-state index contributed by atoms with van der Waals surface area (Å²) in [6.07, 6.45) is 7.38. The summed E-state index contributed by atoms with van der Waals surface area (Å²) in [5.74, 6) is 0.649. The first-order valence-electron chi connectivity index (χ1n) is 8.15. The maximum absolute atomic E-state index is 11.4.